The number of nitrogens with one attached hydrogen (secondary N) is 1. The molecule has 0 saturated heterocycles. The van der Waals surface area contributed by atoms with Crippen LogP contribution in [0.4, 0.5) is 11.4 Å². The summed E-state index contributed by atoms with van der Waals surface area (Å²) in [6, 6.07) is 22.7. The molecule has 3 N–H and O–H groups in total. The molecule has 0 spiro atoms. The second kappa shape index (κ2) is 5.97. The number of fused-ring (bicyclic) bond motifs is 2. The molecule has 0 radical (unpaired) electrons. The molecule has 1 heterocycles. The molecular formula is C19H17N3S. The van der Waals surface area contributed by atoms with Crippen LogP contribution in [0, 0.1) is 0 Å². The van der Waals surface area contributed by atoms with Gasteiger partial charge in [-0.1, -0.05) is 48.5 Å². The van der Waals surface area contributed by atoms with Crippen molar-refractivity contribution in [3.05, 3.63) is 66.7 Å². The number of aliphatic imine (C=N–C) groups is 1. The van der Waals surface area contributed by atoms with Crippen LogP contribution in [-0.2, 0) is 0 Å². The van der Waals surface area contributed by atoms with E-state index in [1.165, 1.54) is 16.0 Å². The fourth-order valence-electron chi connectivity index (χ4n) is 2.79. The number of hydrogen-bond acceptors (Lipinski definition) is 3. The molecule has 1 atom stereocenters. The van der Waals surface area contributed by atoms with Crippen molar-refractivity contribution in [1.29, 1.82) is 0 Å². The van der Waals surface area contributed by atoms with Crippen LogP contribution in [0.25, 0.3) is 10.8 Å². The Balaban J connectivity index is 1.66. The van der Waals surface area contributed by atoms with Crippen molar-refractivity contribution in [3.8, 4) is 0 Å². The Morgan fingerprint density at radius 2 is 1.78 bits per heavy atom. The van der Waals surface area contributed by atoms with Gasteiger partial charge in [0.1, 0.15) is 5.84 Å². The van der Waals surface area contributed by atoms with Crippen LogP contribution in [0.1, 0.15) is 0 Å². The van der Waals surface area contributed by atoms with E-state index in [-0.39, 0.29) is 5.25 Å². The highest BCUT2D eigenvalue weighted by atomic mass is 32.2. The number of rotatable bonds is 2. The largest absolute Gasteiger partial charge is 0.386 e. The minimum absolute atomic E-state index is 0.142. The van der Waals surface area contributed by atoms with Crippen LogP contribution in [0.3, 0.4) is 0 Å². The van der Waals surface area contributed by atoms with Crippen LogP contribution in [0.15, 0.2) is 76.6 Å². The predicted molar refractivity (Wildman–Crippen MR) is 99.8 cm³/mol. The first kappa shape index (κ1) is 14.2. The molecule has 3 nitrogen and oxygen atoms in total. The Labute approximate surface area is 139 Å². The van der Waals surface area contributed by atoms with Crippen molar-refractivity contribution in [2.75, 3.05) is 11.9 Å². The summed E-state index contributed by atoms with van der Waals surface area (Å²) in [7, 11) is 0. The normalized spacial score (nSPS) is 17.6. The van der Waals surface area contributed by atoms with Gasteiger partial charge in [0.05, 0.1) is 10.9 Å². The fraction of sp³-hybridized carbons (Fsp3) is 0.105. The molecule has 0 saturated carbocycles. The lowest BCUT2D eigenvalue weighted by Gasteiger charge is -2.25. The van der Waals surface area contributed by atoms with E-state index in [0.717, 1.165) is 17.6 Å². The third kappa shape index (κ3) is 2.78. The lowest BCUT2D eigenvalue weighted by molar-refractivity contribution is 1.07. The van der Waals surface area contributed by atoms with E-state index < -0.39 is 0 Å². The third-order valence-corrected chi connectivity index (χ3v) is 5.28. The summed E-state index contributed by atoms with van der Waals surface area (Å²) in [5.41, 5.74) is 8.42. The van der Waals surface area contributed by atoms with E-state index in [0.29, 0.717) is 5.84 Å². The molecule has 1 unspecified atom stereocenters. The number of para-hydroxylation sites is 1. The van der Waals surface area contributed by atoms with E-state index in [9.17, 15) is 0 Å². The molecule has 4 heteroatoms. The van der Waals surface area contributed by atoms with Gasteiger partial charge in [0.15, 0.2) is 0 Å². The molecule has 0 fully saturated rings. The second-order valence-corrected chi connectivity index (χ2v) is 6.76. The number of thioether (sulfide) groups is 1. The average Bonchev–Trinajstić information content (AvgIpc) is 2.61. The summed E-state index contributed by atoms with van der Waals surface area (Å²) in [6.07, 6.45) is 0. The van der Waals surface area contributed by atoms with Crippen LogP contribution in [-0.4, -0.2) is 17.6 Å². The molecule has 0 aliphatic carbocycles. The predicted octanol–water partition coefficient (Wildman–Crippen LogP) is 4.41. The summed E-state index contributed by atoms with van der Waals surface area (Å²) in [4.78, 5) is 5.94. The standard InChI is InChI=1S/C19H17N3S/c20-19(18-12-21-16-9-3-4-11-17(16)23-18)22-15-10-5-7-13-6-1-2-8-14(13)15/h1-11,18,21H,12H2,(H2,20,22). The smallest absolute Gasteiger partial charge is 0.115 e. The Morgan fingerprint density at radius 3 is 2.74 bits per heavy atom. The summed E-state index contributed by atoms with van der Waals surface area (Å²) in [5, 5.41) is 5.89. The number of hydrogen-bond donors (Lipinski definition) is 2. The number of anilines is 1. The fourth-order valence-corrected chi connectivity index (χ4v) is 3.87. The van der Waals surface area contributed by atoms with Gasteiger partial charge in [0, 0.05) is 22.5 Å². The Morgan fingerprint density at radius 1 is 1.00 bits per heavy atom. The zero-order valence-electron chi connectivity index (χ0n) is 12.6. The molecule has 0 bridgehead atoms. The van der Waals surface area contributed by atoms with Gasteiger partial charge in [-0.15, -0.1) is 11.8 Å². The van der Waals surface area contributed by atoms with Gasteiger partial charge in [-0.2, -0.15) is 0 Å². The van der Waals surface area contributed by atoms with E-state index >= 15 is 0 Å². The van der Waals surface area contributed by atoms with Crippen molar-refractivity contribution in [3.63, 3.8) is 0 Å². The Hall–Kier alpha value is -2.46. The van der Waals surface area contributed by atoms with Gasteiger partial charge in [-0.25, -0.2) is 4.99 Å². The first-order valence-corrected chi connectivity index (χ1v) is 8.50. The summed E-state index contributed by atoms with van der Waals surface area (Å²) in [6.45, 7) is 0.793. The monoisotopic (exact) mass is 319 g/mol. The lowest BCUT2D eigenvalue weighted by atomic mass is 10.1. The van der Waals surface area contributed by atoms with Gasteiger partial charge in [-0.3, -0.25) is 0 Å². The van der Waals surface area contributed by atoms with Crippen LogP contribution < -0.4 is 11.1 Å². The van der Waals surface area contributed by atoms with Crippen LogP contribution >= 0.6 is 11.8 Å². The second-order valence-electron chi connectivity index (χ2n) is 5.52. The molecule has 3 aromatic rings. The van der Waals surface area contributed by atoms with Crippen molar-refractivity contribution in [1.82, 2.24) is 0 Å². The van der Waals surface area contributed by atoms with Crippen molar-refractivity contribution in [2.45, 2.75) is 10.1 Å². The highest BCUT2D eigenvalue weighted by Crippen LogP contribution is 2.35. The average molecular weight is 319 g/mol. The maximum atomic E-state index is 6.32. The van der Waals surface area contributed by atoms with Crippen molar-refractivity contribution < 1.29 is 0 Å². The van der Waals surface area contributed by atoms with E-state index in [1.54, 1.807) is 11.8 Å². The highest BCUT2D eigenvalue weighted by molar-refractivity contribution is 8.01. The minimum Gasteiger partial charge on any atom is -0.386 e. The molecule has 0 amide bonds. The maximum Gasteiger partial charge on any atom is 0.115 e. The number of benzene rings is 3. The van der Waals surface area contributed by atoms with Gasteiger partial charge >= 0.3 is 0 Å². The number of nitrogens with two attached hydrogens (primary N) is 1. The maximum absolute atomic E-state index is 6.32. The van der Waals surface area contributed by atoms with Gasteiger partial charge in [-0.05, 0) is 23.6 Å². The van der Waals surface area contributed by atoms with Gasteiger partial charge in [0.2, 0.25) is 0 Å². The Kier molecular flexibility index (Phi) is 3.67. The minimum atomic E-state index is 0.142. The van der Waals surface area contributed by atoms with Crippen LogP contribution in [0.2, 0.25) is 0 Å². The van der Waals surface area contributed by atoms with E-state index in [2.05, 4.69) is 35.6 Å². The summed E-state index contributed by atoms with van der Waals surface area (Å²) < 4.78 is 0. The highest BCUT2D eigenvalue weighted by Gasteiger charge is 2.21. The molecular weight excluding hydrogens is 302 g/mol. The third-order valence-electron chi connectivity index (χ3n) is 3.98. The molecule has 3 aromatic carbocycles. The lowest BCUT2D eigenvalue weighted by Crippen LogP contribution is -2.34. The SMILES string of the molecule is NC(=Nc1cccc2ccccc12)C1CNc2ccccc2S1. The van der Waals surface area contributed by atoms with Crippen molar-refractivity contribution >= 4 is 39.7 Å². The van der Waals surface area contributed by atoms with Crippen LogP contribution in [0.5, 0.6) is 0 Å². The first-order chi connectivity index (χ1) is 11.3. The molecule has 23 heavy (non-hydrogen) atoms. The summed E-state index contributed by atoms with van der Waals surface area (Å²) in [5.74, 6) is 0.661. The first-order valence-electron chi connectivity index (χ1n) is 7.62. The molecule has 1 aliphatic heterocycles. The number of amidine groups is 1. The topological polar surface area (TPSA) is 50.4 Å². The Bertz CT molecular complexity index is 883. The molecule has 114 valence electrons. The van der Waals surface area contributed by atoms with E-state index in [1.807, 2.05) is 36.4 Å². The van der Waals surface area contributed by atoms with Gasteiger partial charge < -0.3 is 11.1 Å². The summed E-state index contributed by atoms with van der Waals surface area (Å²) >= 11 is 1.77. The molecule has 1 aliphatic rings. The van der Waals surface area contributed by atoms with Crippen molar-refractivity contribution in [2.24, 2.45) is 10.7 Å². The van der Waals surface area contributed by atoms with Gasteiger partial charge in [0.25, 0.3) is 0 Å². The zero-order valence-corrected chi connectivity index (χ0v) is 13.4. The zero-order chi connectivity index (χ0) is 15.6. The van der Waals surface area contributed by atoms with E-state index in [4.69, 9.17) is 10.7 Å². The quantitative estimate of drug-likeness (QED) is 0.543. The molecule has 0 aromatic heterocycles. The number of nitrogens with zero attached hydrogens (tertiary/aromatic N) is 1. The molecule has 4 rings (SSSR count).